The molecule has 0 unspecified atom stereocenters. The number of benzene rings is 1. The summed E-state index contributed by atoms with van der Waals surface area (Å²) in [6.07, 6.45) is 0. The van der Waals surface area contributed by atoms with Crippen molar-refractivity contribution < 1.29 is 18.7 Å². The lowest BCUT2D eigenvalue weighted by molar-refractivity contribution is -0.129. The highest BCUT2D eigenvalue weighted by Gasteiger charge is 2.39. The van der Waals surface area contributed by atoms with Crippen molar-refractivity contribution >= 4 is 11.8 Å². The maximum atomic E-state index is 13.9. The number of amides is 2. The molecule has 0 radical (unpaired) electrons. The summed E-state index contributed by atoms with van der Waals surface area (Å²) >= 11 is 0. The molecule has 6 nitrogen and oxygen atoms in total. The third kappa shape index (κ3) is 3.30. The van der Waals surface area contributed by atoms with Crippen molar-refractivity contribution in [3.63, 3.8) is 0 Å². The Morgan fingerprint density at radius 3 is 2.29 bits per heavy atom. The van der Waals surface area contributed by atoms with Crippen LogP contribution in [0.4, 0.5) is 4.39 Å². The van der Waals surface area contributed by atoms with E-state index in [-0.39, 0.29) is 6.54 Å². The van der Waals surface area contributed by atoms with Gasteiger partial charge in [-0.1, -0.05) is 6.07 Å². The molecule has 2 rings (SSSR count). The number of likely N-dealkylation sites (tertiary alicyclic amines) is 1. The van der Waals surface area contributed by atoms with Crippen LogP contribution in [-0.2, 0) is 16.1 Å². The van der Waals surface area contributed by atoms with E-state index in [2.05, 4.69) is 0 Å². The highest BCUT2D eigenvalue weighted by atomic mass is 19.1. The van der Waals surface area contributed by atoms with E-state index in [1.165, 1.54) is 13.2 Å². The predicted molar refractivity (Wildman–Crippen MR) is 73.6 cm³/mol. The van der Waals surface area contributed by atoms with Gasteiger partial charge >= 0.3 is 0 Å². The molecule has 7 heteroatoms. The molecule has 114 valence electrons. The minimum atomic E-state index is -0.621. The van der Waals surface area contributed by atoms with E-state index in [0.29, 0.717) is 24.4 Å². The van der Waals surface area contributed by atoms with Gasteiger partial charge in [-0.2, -0.15) is 0 Å². The van der Waals surface area contributed by atoms with E-state index in [9.17, 15) is 14.0 Å². The Hall–Kier alpha value is -2.15. The number of hydrogen-bond acceptors (Lipinski definition) is 4. The van der Waals surface area contributed by atoms with Gasteiger partial charge in [-0.05, 0) is 6.07 Å². The summed E-state index contributed by atoms with van der Waals surface area (Å²) in [5, 5.41) is 0. The predicted octanol–water partition coefficient (Wildman–Crippen LogP) is -0.147. The lowest BCUT2D eigenvalue weighted by Gasteiger charge is -2.16. The number of primary amides is 2. The van der Waals surface area contributed by atoms with Gasteiger partial charge in [-0.25, -0.2) is 4.39 Å². The number of nitrogens with two attached hydrogens (primary N) is 2. The van der Waals surface area contributed by atoms with Crippen LogP contribution in [0.3, 0.4) is 0 Å². The van der Waals surface area contributed by atoms with Crippen molar-refractivity contribution in [3.05, 3.63) is 29.6 Å². The summed E-state index contributed by atoms with van der Waals surface area (Å²) in [5.41, 5.74) is 11.0. The van der Waals surface area contributed by atoms with Crippen LogP contribution in [0.15, 0.2) is 18.2 Å². The first kappa shape index (κ1) is 15.2. The van der Waals surface area contributed by atoms with Crippen LogP contribution < -0.4 is 16.2 Å². The Morgan fingerprint density at radius 2 is 1.86 bits per heavy atom. The lowest BCUT2D eigenvalue weighted by Crippen LogP contribution is -2.36. The van der Waals surface area contributed by atoms with E-state index >= 15 is 0 Å². The molecule has 2 atom stereocenters. The van der Waals surface area contributed by atoms with Crippen LogP contribution in [0.1, 0.15) is 5.56 Å². The molecule has 1 heterocycles. The SMILES string of the molecule is COc1ccc(CN2C[C@H](C(N)=O)[C@@H](C(N)=O)C2)c(F)c1. The van der Waals surface area contributed by atoms with Crippen molar-refractivity contribution in [2.45, 2.75) is 6.54 Å². The maximum Gasteiger partial charge on any atom is 0.222 e. The normalized spacial score (nSPS) is 22.2. The monoisotopic (exact) mass is 295 g/mol. The first-order chi connectivity index (χ1) is 9.92. The molecule has 1 aromatic rings. The Labute approximate surface area is 121 Å². The number of halogens is 1. The van der Waals surface area contributed by atoms with Crippen LogP contribution in [-0.4, -0.2) is 36.9 Å². The van der Waals surface area contributed by atoms with Crippen molar-refractivity contribution in [2.24, 2.45) is 23.3 Å². The molecule has 1 aliphatic heterocycles. The van der Waals surface area contributed by atoms with Crippen molar-refractivity contribution in [2.75, 3.05) is 20.2 Å². The smallest absolute Gasteiger partial charge is 0.222 e. The Balaban J connectivity index is 2.11. The number of carbonyl (C=O) groups is 2. The lowest BCUT2D eigenvalue weighted by atomic mass is 9.95. The zero-order valence-electron chi connectivity index (χ0n) is 11.7. The fraction of sp³-hybridized carbons (Fsp3) is 0.429. The third-order valence-electron chi connectivity index (χ3n) is 3.78. The molecule has 0 aromatic heterocycles. The van der Waals surface area contributed by atoms with E-state index in [1.54, 1.807) is 17.0 Å². The van der Waals surface area contributed by atoms with E-state index < -0.39 is 29.5 Å². The molecule has 0 saturated carbocycles. The molecule has 1 aliphatic rings. The number of methoxy groups -OCH3 is 1. The summed E-state index contributed by atoms with van der Waals surface area (Å²) in [5.74, 6) is -2.32. The van der Waals surface area contributed by atoms with Gasteiger partial charge in [0.05, 0.1) is 18.9 Å². The molecule has 1 fully saturated rings. The number of carbonyl (C=O) groups excluding carboxylic acids is 2. The summed E-state index contributed by atoms with van der Waals surface area (Å²) in [6.45, 7) is 0.881. The van der Waals surface area contributed by atoms with Gasteiger partial charge in [-0.15, -0.1) is 0 Å². The molecule has 21 heavy (non-hydrogen) atoms. The zero-order valence-corrected chi connectivity index (χ0v) is 11.7. The molecule has 1 aromatic carbocycles. The van der Waals surface area contributed by atoms with E-state index in [1.807, 2.05) is 0 Å². The van der Waals surface area contributed by atoms with Crippen molar-refractivity contribution in [1.82, 2.24) is 4.90 Å². The summed E-state index contributed by atoms with van der Waals surface area (Å²) < 4.78 is 18.9. The van der Waals surface area contributed by atoms with Crippen LogP contribution in [0.2, 0.25) is 0 Å². The minimum absolute atomic E-state index is 0.281. The van der Waals surface area contributed by atoms with Gasteiger partial charge in [-0.3, -0.25) is 14.5 Å². The van der Waals surface area contributed by atoms with Gasteiger partial charge < -0.3 is 16.2 Å². The highest BCUT2D eigenvalue weighted by molar-refractivity contribution is 5.87. The molecule has 0 bridgehead atoms. The number of hydrogen-bond donors (Lipinski definition) is 2. The second kappa shape index (κ2) is 6.09. The summed E-state index contributed by atoms with van der Waals surface area (Å²) in [4.78, 5) is 24.5. The molecule has 2 amide bonds. The highest BCUT2D eigenvalue weighted by Crippen LogP contribution is 2.26. The number of nitrogens with zero attached hydrogens (tertiary/aromatic N) is 1. The fourth-order valence-electron chi connectivity index (χ4n) is 2.62. The summed E-state index contributed by atoms with van der Waals surface area (Å²) in [6, 6.07) is 4.57. The molecule has 4 N–H and O–H groups in total. The van der Waals surface area contributed by atoms with Gasteiger partial charge in [0.2, 0.25) is 11.8 Å². The van der Waals surface area contributed by atoms with Crippen LogP contribution in [0.25, 0.3) is 0 Å². The third-order valence-corrected chi connectivity index (χ3v) is 3.78. The Bertz CT molecular complexity index is 542. The molecule has 1 saturated heterocycles. The van der Waals surface area contributed by atoms with Crippen molar-refractivity contribution in [3.8, 4) is 5.75 Å². The molecule has 0 aliphatic carbocycles. The number of rotatable bonds is 5. The van der Waals surface area contributed by atoms with Crippen LogP contribution in [0, 0.1) is 17.7 Å². The zero-order chi connectivity index (χ0) is 15.6. The van der Waals surface area contributed by atoms with E-state index in [0.717, 1.165) is 0 Å². The first-order valence-electron chi connectivity index (χ1n) is 6.55. The Kier molecular flexibility index (Phi) is 4.42. The molecular formula is C14H18FN3O3. The average Bonchev–Trinajstić information content (AvgIpc) is 2.85. The topological polar surface area (TPSA) is 98.7 Å². The summed E-state index contributed by atoms with van der Waals surface area (Å²) in [7, 11) is 1.46. The van der Waals surface area contributed by atoms with Gasteiger partial charge in [0.1, 0.15) is 11.6 Å². The van der Waals surface area contributed by atoms with E-state index in [4.69, 9.17) is 16.2 Å². The standard InChI is InChI=1S/C14H18FN3O3/c1-21-9-3-2-8(12(15)4-9)5-18-6-10(13(16)19)11(7-18)14(17)20/h2-4,10-11H,5-7H2,1H3,(H2,16,19)(H2,17,20)/t10-,11-/m0/s1. The number of ether oxygens (including phenoxy) is 1. The van der Waals surface area contributed by atoms with Crippen molar-refractivity contribution in [1.29, 1.82) is 0 Å². The second-order valence-corrected chi connectivity index (χ2v) is 5.17. The quantitative estimate of drug-likeness (QED) is 0.789. The fourth-order valence-corrected chi connectivity index (χ4v) is 2.62. The molecular weight excluding hydrogens is 277 g/mol. The molecule has 0 spiro atoms. The second-order valence-electron chi connectivity index (χ2n) is 5.17. The Morgan fingerprint density at radius 1 is 1.29 bits per heavy atom. The van der Waals surface area contributed by atoms with Crippen LogP contribution >= 0.6 is 0 Å². The van der Waals surface area contributed by atoms with Gasteiger partial charge in [0.15, 0.2) is 0 Å². The maximum absolute atomic E-state index is 13.9. The van der Waals surface area contributed by atoms with Crippen LogP contribution in [0.5, 0.6) is 5.75 Å². The van der Waals surface area contributed by atoms with Gasteiger partial charge in [0.25, 0.3) is 0 Å². The first-order valence-corrected chi connectivity index (χ1v) is 6.55. The largest absolute Gasteiger partial charge is 0.497 e. The average molecular weight is 295 g/mol. The van der Waals surface area contributed by atoms with Gasteiger partial charge in [0, 0.05) is 31.3 Å². The minimum Gasteiger partial charge on any atom is -0.497 e.